The highest BCUT2D eigenvalue weighted by Gasteiger charge is 2.07. The number of halogens is 1. The van der Waals surface area contributed by atoms with Gasteiger partial charge in [-0.25, -0.2) is 4.39 Å². The monoisotopic (exact) mass is 360 g/mol. The molecule has 0 aliphatic heterocycles. The minimum atomic E-state index is -0.274. The molecule has 2 rings (SSSR count). The van der Waals surface area contributed by atoms with Crippen LogP contribution in [0.15, 0.2) is 48.5 Å². The molecular formula is C19H21FN2O2S. The number of carbonyl (C=O) groups excluding carboxylic acids is 2. The van der Waals surface area contributed by atoms with E-state index in [1.165, 1.54) is 6.07 Å². The van der Waals surface area contributed by atoms with Crippen molar-refractivity contribution in [2.75, 3.05) is 18.8 Å². The van der Waals surface area contributed by atoms with Gasteiger partial charge in [-0.15, -0.1) is 0 Å². The molecule has 132 valence electrons. The first-order valence-corrected chi connectivity index (χ1v) is 9.14. The summed E-state index contributed by atoms with van der Waals surface area (Å²) >= 11 is 1.54. The fourth-order valence-corrected chi connectivity index (χ4v) is 2.94. The summed E-state index contributed by atoms with van der Waals surface area (Å²) in [7, 11) is 0. The van der Waals surface area contributed by atoms with E-state index in [0.717, 1.165) is 5.56 Å². The van der Waals surface area contributed by atoms with Gasteiger partial charge in [0, 0.05) is 23.6 Å². The lowest BCUT2D eigenvalue weighted by atomic mass is 10.1. The number of thioether (sulfide) groups is 1. The van der Waals surface area contributed by atoms with Crippen LogP contribution in [0.4, 0.5) is 4.39 Å². The molecule has 6 heteroatoms. The van der Waals surface area contributed by atoms with Gasteiger partial charge in [0.05, 0.1) is 6.54 Å². The first-order chi connectivity index (χ1) is 12.1. The summed E-state index contributed by atoms with van der Waals surface area (Å²) in [5.74, 6) is 0.507. The van der Waals surface area contributed by atoms with Gasteiger partial charge < -0.3 is 10.6 Å². The van der Waals surface area contributed by atoms with Crippen molar-refractivity contribution in [2.24, 2.45) is 0 Å². The van der Waals surface area contributed by atoms with Crippen LogP contribution in [-0.2, 0) is 10.5 Å². The number of benzene rings is 2. The molecule has 4 nitrogen and oxygen atoms in total. The van der Waals surface area contributed by atoms with E-state index in [-0.39, 0.29) is 24.2 Å². The summed E-state index contributed by atoms with van der Waals surface area (Å²) < 4.78 is 13.4. The Bertz CT molecular complexity index is 720. The second kappa shape index (κ2) is 9.84. The van der Waals surface area contributed by atoms with Gasteiger partial charge in [-0.05, 0) is 30.7 Å². The van der Waals surface area contributed by atoms with Crippen molar-refractivity contribution >= 4 is 23.6 Å². The Balaban J connectivity index is 1.60. The summed E-state index contributed by atoms with van der Waals surface area (Å²) in [6.45, 7) is 2.35. The van der Waals surface area contributed by atoms with E-state index in [9.17, 15) is 14.0 Å². The minimum Gasteiger partial charge on any atom is -0.354 e. The Hall–Kier alpha value is -2.34. The van der Waals surface area contributed by atoms with Crippen molar-refractivity contribution in [3.8, 4) is 0 Å². The van der Waals surface area contributed by atoms with Crippen molar-refractivity contribution in [3.63, 3.8) is 0 Å². The summed E-state index contributed by atoms with van der Waals surface area (Å²) in [6.07, 6.45) is 0. The van der Waals surface area contributed by atoms with Crippen LogP contribution < -0.4 is 10.6 Å². The zero-order valence-corrected chi connectivity index (χ0v) is 14.9. The molecule has 0 saturated carbocycles. The Labute approximate surface area is 151 Å². The van der Waals surface area contributed by atoms with Crippen molar-refractivity contribution in [1.82, 2.24) is 10.6 Å². The molecule has 0 aliphatic rings. The molecule has 0 heterocycles. The summed E-state index contributed by atoms with van der Waals surface area (Å²) in [6, 6.07) is 13.8. The fraction of sp³-hybridized carbons (Fsp3) is 0.263. The Morgan fingerprint density at radius 1 is 1.04 bits per heavy atom. The van der Waals surface area contributed by atoms with Gasteiger partial charge in [0.15, 0.2) is 0 Å². The number of hydrogen-bond donors (Lipinski definition) is 2. The molecule has 0 aliphatic carbocycles. The van der Waals surface area contributed by atoms with Crippen LogP contribution in [0.2, 0.25) is 0 Å². The topological polar surface area (TPSA) is 58.2 Å². The molecular weight excluding hydrogens is 339 g/mol. The first kappa shape index (κ1) is 19.0. The third kappa shape index (κ3) is 6.58. The van der Waals surface area contributed by atoms with E-state index in [2.05, 4.69) is 10.6 Å². The largest absolute Gasteiger partial charge is 0.354 e. The van der Waals surface area contributed by atoms with E-state index in [1.807, 2.05) is 19.1 Å². The zero-order chi connectivity index (χ0) is 18.1. The fourth-order valence-electron chi connectivity index (χ4n) is 2.09. The van der Waals surface area contributed by atoms with Crippen LogP contribution in [0.3, 0.4) is 0 Å². The SMILES string of the molecule is Cc1ccc(C(=O)NCC(=O)NCCSCc2ccccc2F)cc1. The maximum atomic E-state index is 13.4. The minimum absolute atomic E-state index is 0.0648. The Morgan fingerprint density at radius 2 is 1.76 bits per heavy atom. The van der Waals surface area contributed by atoms with Crippen LogP contribution in [-0.4, -0.2) is 30.7 Å². The van der Waals surface area contributed by atoms with Crippen LogP contribution in [0.5, 0.6) is 0 Å². The predicted octanol–water partition coefficient (Wildman–Crippen LogP) is 2.91. The second-order valence-corrected chi connectivity index (χ2v) is 6.65. The molecule has 0 bridgehead atoms. The molecule has 0 fully saturated rings. The van der Waals surface area contributed by atoms with Crippen molar-refractivity contribution in [3.05, 3.63) is 71.0 Å². The highest BCUT2D eigenvalue weighted by molar-refractivity contribution is 7.98. The van der Waals surface area contributed by atoms with Gasteiger partial charge >= 0.3 is 0 Å². The molecule has 25 heavy (non-hydrogen) atoms. The van der Waals surface area contributed by atoms with Gasteiger partial charge in [0.1, 0.15) is 5.82 Å². The molecule has 0 aromatic heterocycles. The Kier molecular flexibility index (Phi) is 7.47. The number of hydrogen-bond acceptors (Lipinski definition) is 3. The maximum absolute atomic E-state index is 13.4. The van der Waals surface area contributed by atoms with Crippen molar-refractivity contribution in [2.45, 2.75) is 12.7 Å². The average Bonchev–Trinajstić information content (AvgIpc) is 2.61. The molecule has 0 radical (unpaired) electrons. The van der Waals surface area contributed by atoms with Crippen LogP contribution in [0.25, 0.3) is 0 Å². The quantitative estimate of drug-likeness (QED) is 0.712. The standard InChI is InChI=1S/C19H21FN2O2S/c1-14-6-8-15(9-7-14)19(24)22-12-18(23)21-10-11-25-13-16-4-2-3-5-17(16)20/h2-9H,10-13H2,1H3,(H,21,23)(H,22,24). The highest BCUT2D eigenvalue weighted by atomic mass is 32.2. The zero-order valence-electron chi connectivity index (χ0n) is 14.0. The van der Waals surface area contributed by atoms with E-state index in [1.54, 1.807) is 42.1 Å². The van der Waals surface area contributed by atoms with E-state index >= 15 is 0 Å². The van der Waals surface area contributed by atoms with Gasteiger partial charge in [0.2, 0.25) is 5.91 Å². The predicted molar refractivity (Wildman–Crippen MR) is 99.1 cm³/mol. The number of carbonyl (C=O) groups is 2. The second-order valence-electron chi connectivity index (χ2n) is 5.54. The number of aryl methyl sites for hydroxylation is 1. The van der Waals surface area contributed by atoms with E-state index < -0.39 is 0 Å². The third-order valence-corrected chi connectivity index (χ3v) is 4.52. The summed E-state index contributed by atoms with van der Waals surface area (Å²) in [5.41, 5.74) is 2.25. The highest BCUT2D eigenvalue weighted by Crippen LogP contribution is 2.14. The molecule has 0 unspecified atom stereocenters. The van der Waals surface area contributed by atoms with Crippen molar-refractivity contribution in [1.29, 1.82) is 0 Å². The van der Waals surface area contributed by atoms with Gasteiger partial charge in [-0.1, -0.05) is 35.9 Å². The molecule has 2 aromatic rings. The lowest BCUT2D eigenvalue weighted by Crippen LogP contribution is -2.37. The maximum Gasteiger partial charge on any atom is 0.251 e. The van der Waals surface area contributed by atoms with Gasteiger partial charge in [0.25, 0.3) is 5.91 Å². The first-order valence-electron chi connectivity index (χ1n) is 7.99. The number of nitrogens with one attached hydrogen (secondary N) is 2. The normalized spacial score (nSPS) is 10.3. The average molecular weight is 360 g/mol. The van der Waals surface area contributed by atoms with Gasteiger partial charge in [-0.2, -0.15) is 11.8 Å². The van der Waals surface area contributed by atoms with E-state index in [0.29, 0.717) is 29.2 Å². The van der Waals surface area contributed by atoms with E-state index in [4.69, 9.17) is 0 Å². The van der Waals surface area contributed by atoms with Crippen LogP contribution >= 0.6 is 11.8 Å². The molecule has 0 atom stereocenters. The Morgan fingerprint density at radius 3 is 2.48 bits per heavy atom. The summed E-state index contributed by atoms with van der Waals surface area (Å²) in [4.78, 5) is 23.6. The molecule has 0 saturated heterocycles. The molecule has 2 aromatic carbocycles. The molecule has 0 spiro atoms. The van der Waals surface area contributed by atoms with Crippen LogP contribution in [0.1, 0.15) is 21.5 Å². The third-order valence-electron chi connectivity index (χ3n) is 3.51. The van der Waals surface area contributed by atoms with Crippen LogP contribution in [0, 0.1) is 12.7 Å². The number of amides is 2. The van der Waals surface area contributed by atoms with Crippen molar-refractivity contribution < 1.29 is 14.0 Å². The lowest BCUT2D eigenvalue weighted by Gasteiger charge is -2.07. The van der Waals surface area contributed by atoms with Gasteiger partial charge in [-0.3, -0.25) is 9.59 Å². The number of rotatable bonds is 8. The summed E-state index contributed by atoms with van der Waals surface area (Å²) in [5, 5.41) is 5.32. The molecule has 2 N–H and O–H groups in total. The smallest absolute Gasteiger partial charge is 0.251 e. The molecule has 2 amide bonds. The lowest BCUT2D eigenvalue weighted by molar-refractivity contribution is -0.120.